The fraction of sp³-hybridized carbons (Fsp3) is 0.579. The van der Waals surface area contributed by atoms with Gasteiger partial charge in [0.1, 0.15) is 6.33 Å². The third kappa shape index (κ3) is 4.46. The molecule has 1 heterocycles. The molecule has 26 heavy (non-hydrogen) atoms. The summed E-state index contributed by atoms with van der Waals surface area (Å²) < 4.78 is 1.56. The molecule has 0 radical (unpaired) electrons. The summed E-state index contributed by atoms with van der Waals surface area (Å²) in [6, 6.07) is 8.49. The Balaban J connectivity index is 1.54. The van der Waals surface area contributed by atoms with Crippen LogP contribution in [0.2, 0.25) is 0 Å². The van der Waals surface area contributed by atoms with Crippen LogP contribution in [-0.4, -0.2) is 44.2 Å². The summed E-state index contributed by atoms with van der Waals surface area (Å²) >= 11 is 0. The molecule has 0 bridgehead atoms. The summed E-state index contributed by atoms with van der Waals surface area (Å²) in [5.41, 5.74) is 1.49. The van der Waals surface area contributed by atoms with Crippen molar-refractivity contribution in [1.29, 1.82) is 0 Å². The number of aromatic nitrogens is 4. The van der Waals surface area contributed by atoms with E-state index in [1.165, 1.54) is 32.0 Å². The second-order valence-corrected chi connectivity index (χ2v) is 7.01. The van der Waals surface area contributed by atoms with Crippen molar-refractivity contribution >= 4 is 5.91 Å². The van der Waals surface area contributed by atoms with E-state index < -0.39 is 0 Å². The van der Waals surface area contributed by atoms with Gasteiger partial charge in [-0.1, -0.05) is 26.7 Å². The van der Waals surface area contributed by atoms with Crippen LogP contribution in [0.4, 0.5) is 0 Å². The highest BCUT2D eigenvalue weighted by atomic mass is 16.1. The van der Waals surface area contributed by atoms with Gasteiger partial charge in [0.2, 0.25) is 0 Å². The largest absolute Gasteiger partial charge is 0.348 e. The molecular formula is C19H28N6O. The number of tetrazole rings is 1. The Hall–Kier alpha value is -2.28. The summed E-state index contributed by atoms with van der Waals surface area (Å²) in [5, 5.41) is 18.0. The van der Waals surface area contributed by atoms with Crippen molar-refractivity contribution in [2.45, 2.75) is 70.5 Å². The average molecular weight is 356 g/mol. The normalized spacial score (nSPS) is 19.3. The van der Waals surface area contributed by atoms with E-state index in [0.29, 0.717) is 17.6 Å². The van der Waals surface area contributed by atoms with Gasteiger partial charge >= 0.3 is 0 Å². The Labute approximate surface area is 154 Å². The van der Waals surface area contributed by atoms with Crippen molar-refractivity contribution in [2.75, 3.05) is 0 Å². The van der Waals surface area contributed by atoms with Crippen LogP contribution in [0.1, 0.15) is 62.7 Å². The molecule has 2 atom stereocenters. The lowest BCUT2D eigenvalue weighted by Crippen LogP contribution is -2.58. The van der Waals surface area contributed by atoms with Gasteiger partial charge in [0.25, 0.3) is 5.91 Å². The summed E-state index contributed by atoms with van der Waals surface area (Å²) in [6.45, 7) is 4.45. The first-order chi connectivity index (χ1) is 12.7. The second-order valence-electron chi connectivity index (χ2n) is 7.01. The quantitative estimate of drug-likeness (QED) is 0.721. The number of benzene rings is 1. The standard InChI is InChI=1S/C19H28N6O/c1-3-5-15(6-4-2)21-17-11-12-18(17)22-19(26)14-7-9-16(10-8-14)25-13-20-23-24-25/h7-10,13,15,17-18,21H,3-6,11-12H2,1-2H3,(H,22,26)/t17-,18+/m1/s1. The van der Waals surface area contributed by atoms with E-state index in [4.69, 9.17) is 0 Å². The lowest BCUT2D eigenvalue weighted by atomic mass is 9.85. The lowest BCUT2D eigenvalue weighted by molar-refractivity contribution is 0.0887. The van der Waals surface area contributed by atoms with Gasteiger partial charge in [-0.15, -0.1) is 5.10 Å². The maximum Gasteiger partial charge on any atom is 0.251 e. The number of hydrogen-bond acceptors (Lipinski definition) is 5. The fourth-order valence-electron chi connectivity index (χ4n) is 3.48. The molecule has 2 aromatic rings. The predicted molar refractivity (Wildman–Crippen MR) is 100 cm³/mol. The topological polar surface area (TPSA) is 84.7 Å². The van der Waals surface area contributed by atoms with Crippen LogP contribution in [0.25, 0.3) is 5.69 Å². The zero-order valence-corrected chi connectivity index (χ0v) is 15.6. The molecule has 7 nitrogen and oxygen atoms in total. The molecule has 3 rings (SSSR count). The predicted octanol–water partition coefficient (Wildman–Crippen LogP) is 2.48. The van der Waals surface area contributed by atoms with Crippen molar-refractivity contribution in [3.63, 3.8) is 0 Å². The molecule has 0 unspecified atom stereocenters. The molecule has 0 aliphatic heterocycles. The van der Waals surface area contributed by atoms with E-state index in [9.17, 15) is 4.79 Å². The summed E-state index contributed by atoms with van der Waals surface area (Å²) in [5.74, 6) is -0.0210. The molecule has 7 heteroatoms. The lowest BCUT2D eigenvalue weighted by Gasteiger charge is -2.40. The molecule has 1 fully saturated rings. The first-order valence-corrected chi connectivity index (χ1v) is 9.61. The number of rotatable bonds is 9. The third-order valence-corrected chi connectivity index (χ3v) is 5.06. The van der Waals surface area contributed by atoms with Crippen molar-refractivity contribution in [2.24, 2.45) is 0 Å². The highest BCUT2D eigenvalue weighted by Crippen LogP contribution is 2.22. The molecule has 1 aromatic heterocycles. The maximum atomic E-state index is 12.5. The van der Waals surface area contributed by atoms with Crippen LogP contribution in [-0.2, 0) is 0 Å². The smallest absolute Gasteiger partial charge is 0.251 e. The minimum absolute atomic E-state index is 0.0210. The molecule has 1 aromatic carbocycles. The number of carbonyl (C=O) groups excluding carboxylic acids is 1. The Bertz CT molecular complexity index is 679. The van der Waals surface area contributed by atoms with Crippen LogP contribution < -0.4 is 10.6 Å². The Morgan fingerprint density at radius 3 is 2.38 bits per heavy atom. The van der Waals surface area contributed by atoms with Crippen LogP contribution in [0.5, 0.6) is 0 Å². The van der Waals surface area contributed by atoms with Crippen molar-refractivity contribution in [1.82, 2.24) is 30.8 Å². The van der Waals surface area contributed by atoms with Gasteiger partial charge in [-0.2, -0.15) is 0 Å². The SMILES string of the molecule is CCCC(CCC)N[C@@H]1CC[C@@H]1NC(=O)c1ccc(-n2cnnn2)cc1. The Kier molecular flexibility index (Phi) is 6.33. The summed E-state index contributed by atoms with van der Waals surface area (Å²) in [4.78, 5) is 12.5. The van der Waals surface area contributed by atoms with Gasteiger partial charge in [-0.05, 0) is 60.4 Å². The molecule has 140 valence electrons. The molecule has 1 amide bonds. The van der Waals surface area contributed by atoms with Crippen LogP contribution in [0.15, 0.2) is 30.6 Å². The van der Waals surface area contributed by atoms with E-state index in [2.05, 4.69) is 40.0 Å². The molecular weight excluding hydrogens is 328 g/mol. The first kappa shape index (κ1) is 18.5. The summed E-state index contributed by atoms with van der Waals surface area (Å²) in [7, 11) is 0. The highest BCUT2D eigenvalue weighted by molar-refractivity contribution is 5.94. The van der Waals surface area contributed by atoms with Gasteiger partial charge in [-0.3, -0.25) is 4.79 Å². The second kappa shape index (κ2) is 8.89. The van der Waals surface area contributed by atoms with E-state index in [-0.39, 0.29) is 11.9 Å². The fourth-order valence-corrected chi connectivity index (χ4v) is 3.48. The van der Waals surface area contributed by atoms with Crippen molar-refractivity contribution in [3.8, 4) is 5.69 Å². The first-order valence-electron chi connectivity index (χ1n) is 9.61. The molecule has 1 saturated carbocycles. The van der Waals surface area contributed by atoms with Crippen molar-refractivity contribution in [3.05, 3.63) is 36.2 Å². The van der Waals surface area contributed by atoms with E-state index in [0.717, 1.165) is 18.5 Å². The molecule has 1 aliphatic rings. The maximum absolute atomic E-state index is 12.5. The summed E-state index contributed by atoms with van der Waals surface area (Å²) in [6.07, 6.45) is 8.48. The Morgan fingerprint density at radius 1 is 1.15 bits per heavy atom. The van der Waals surface area contributed by atoms with Gasteiger partial charge in [-0.25, -0.2) is 4.68 Å². The van der Waals surface area contributed by atoms with E-state index in [1.54, 1.807) is 4.68 Å². The molecule has 0 spiro atoms. The number of hydrogen-bond donors (Lipinski definition) is 2. The molecule has 0 saturated heterocycles. The van der Waals surface area contributed by atoms with Gasteiger partial charge in [0.05, 0.1) is 5.69 Å². The van der Waals surface area contributed by atoms with E-state index >= 15 is 0 Å². The Morgan fingerprint density at radius 2 is 1.85 bits per heavy atom. The molecule has 2 N–H and O–H groups in total. The number of nitrogens with zero attached hydrogens (tertiary/aromatic N) is 4. The molecule has 1 aliphatic carbocycles. The zero-order valence-electron chi connectivity index (χ0n) is 15.6. The van der Waals surface area contributed by atoms with Gasteiger partial charge in [0, 0.05) is 23.7 Å². The van der Waals surface area contributed by atoms with Crippen LogP contribution in [0.3, 0.4) is 0 Å². The van der Waals surface area contributed by atoms with Crippen LogP contribution >= 0.6 is 0 Å². The van der Waals surface area contributed by atoms with Crippen LogP contribution in [0, 0.1) is 0 Å². The van der Waals surface area contributed by atoms with Gasteiger partial charge in [0.15, 0.2) is 0 Å². The van der Waals surface area contributed by atoms with Crippen molar-refractivity contribution < 1.29 is 4.79 Å². The van der Waals surface area contributed by atoms with E-state index in [1.807, 2.05) is 24.3 Å². The minimum atomic E-state index is -0.0210. The van der Waals surface area contributed by atoms with Gasteiger partial charge < -0.3 is 10.6 Å². The number of nitrogens with one attached hydrogen (secondary N) is 2. The average Bonchev–Trinajstić information content (AvgIpc) is 3.18. The monoisotopic (exact) mass is 356 g/mol. The number of carbonyl (C=O) groups is 1. The number of amides is 1. The minimum Gasteiger partial charge on any atom is -0.348 e. The zero-order chi connectivity index (χ0) is 18.4. The highest BCUT2D eigenvalue weighted by Gasteiger charge is 2.33. The third-order valence-electron chi connectivity index (χ3n) is 5.06.